The van der Waals surface area contributed by atoms with Crippen LogP contribution in [0.15, 0.2) is 36.4 Å². The Bertz CT molecular complexity index is 1580. The second kappa shape index (κ2) is 14.0. The first-order chi connectivity index (χ1) is 20.3. The molecule has 2 aromatic carbocycles. The van der Waals surface area contributed by atoms with Gasteiger partial charge < -0.3 is 29.9 Å². The summed E-state index contributed by atoms with van der Waals surface area (Å²) in [5.41, 5.74) is 10.9. The molecule has 0 fully saturated rings. The van der Waals surface area contributed by atoms with Crippen molar-refractivity contribution in [1.29, 1.82) is 0 Å². The van der Waals surface area contributed by atoms with E-state index in [9.17, 15) is 14.6 Å². The number of aryl methyl sites for hydroxylation is 2. The first-order valence-corrected chi connectivity index (χ1v) is 16.3. The largest absolute Gasteiger partial charge is 0.427 e. The van der Waals surface area contributed by atoms with Gasteiger partial charge in [0.2, 0.25) is 5.91 Å². The molecule has 1 amide bonds. The summed E-state index contributed by atoms with van der Waals surface area (Å²) in [7, 11) is -2.48. The molecule has 10 heteroatoms. The zero-order valence-electron chi connectivity index (χ0n) is 27.1. The molecule has 9 nitrogen and oxygen atoms in total. The van der Waals surface area contributed by atoms with E-state index in [-0.39, 0.29) is 5.91 Å². The van der Waals surface area contributed by atoms with Crippen LogP contribution in [0.5, 0.6) is 5.75 Å². The molecule has 0 bridgehead atoms. The van der Waals surface area contributed by atoms with Crippen molar-refractivity contribution in [2.45, 2.75) is 105 Å². The lowest BCUT2D eigenvalue weighted by Gasteiger charge is -2.43. The maximum absolute atomic E-state index is 12.3. The molecular weight excluding hydrogens is 561 g/mol. The Hall–Kier alpha value is -3.26. The van der Waals surface area contributed by atoms with E-state index < -0.39 is 19.6 Å². The van der Waals surface area contributed by atoms with Crippen LogP contribution in [0, 0.1) is 6.92 Å². The number of rotatable bonds is 11. The fraction of sp³-hybridized carbons (Fsp3) is 0.485. The Balaban J connectivity index is 0.00000248. The fourth-order valence-corrected chi connectivity index (χ4v) is 5.56. The maximum atomic E-state index is 12.3. The zero-order chi connectivity index (χ0) is 32.1. The van der Waals surface area contributed by atoms with Crippen molar-refractivity contribution in [2.75, 3.05) is 5.73 Å². The number of carbonyl (C=O) groups excluding carboxylic acids is 1. The second-order valence-corrected chi connectivity index (χ2v) is 12.4. The Kier molecular flexibility index (Phi) is 11.2. The number of benzene rings is 2. The molecule has 0 spiro atoms. The summed E-state index contributed by atoms with van der Waals surface area (Å²) in [6.45, 7) is 18.8. The van der Waals surface area contributed by atoms with Crippen molar-refractivity contribution in [3.05, 3.63) is 58.9 Å². The number of hydrogen-bond acceptors (Lipinski definition) is 7. The van der Waals surface area contributed by atoms with Crippen LogP contribution < -0.4 is 15.6 Å². The number of amides is 1. The first-order valence-electron chi connectivity index (χ1n) is 15.1. The van der Waals surface area contributed by atoms with Gasteiger partial charge in [0.05, 0.1) is 11.0 Å². The number of nitrogens with one attached hydrogen (secondary N) is 1. The molecule has 2 heterocycles. The van der Waals surface area contributed by atoms with Crippen molar-refractivity contribution in [3.63, 3.8) is 0 Å². The minimum Gasteiger partial charge on any atom is -0.427 e. The molecule has 0 aliphatic heterocycles. The zero-order valence-corrected chi connectivity index (χ0v) is 28.0. The molecule has 0 aliphatic carbocycles. The van der Waals surface area contributed by atoms with Gasteiger partial charge in [-0.25, -0.2) is 9.97 Å². The summed E-state index contributed by atoms with van der Waals surface area (Å²) in [6, 6.07) is 12.0. The van der Waals surface area contributed by atoms with Gasteiger partial charge in [-0.15, -0.1) is 0 Å². The molecular formula is C33H48N5O4P. The van der Waals surface area contributed by atoms with Crippen LogP contribution in [0.2, 0.25) is 0 Å². The van der Waals surface area contributed by atoms with Gasteiger partial charge in [0.15, 0.2) is 5.82 Å². The molecule has 234 valence electrons. The quantitative estimate of drug-likeness (QED) is 0.134. The van der Waals surface area contributed by atoms with E-state index in [0.29, 0.717) is 30.0 Å². The van der Waals surface area contributed by atoms with Crippen LogP contribution in [-0.2, 0) is 23.2 Å². The van der Waals surface area contributed by atoms with Crippen molar-refractivity contribution in [2.24, 2.45) is 0 Å². The molecule has 0 saturated carbocycles. The normalized spacial score (nSPS) is 12.0. The summed E-state index contributed by atoms with van der Waals surface area (Å²) in [5.74, 6) is 1.79. The van der Waals surface area contributed by atoms with Gasteiger partial charge in [0.1, 0.15) is 17.1 Å². The van der Waals surface area contributed by atoms with Gasteiger partial charge in [0, 0.05) is 35.7 Å². The van der Waals surface area contributed by atoms with E-state index in [0.717, 1.165) is 58.2 Å². The Morgan fingerprint density at radius 3 is 2.37 bits per heavy atom. The lowest BCUT2D eigenvalue weighted by Crippen LogP contribution is -2.55. The van der Waals surface area contributed by atoms with Crippen molar-refractivity contribution in [3.8, 4) is 5.75 Å². The number of anilines is 1. The molecule has 0 atom stereocenters. The number of fused-ring (bicyclic) bond motifs is 3. The van der Waals surface area contributed by atoms with E-state index in [1.807, 2.05) is 53.7 Å². The Morgan fingerprint density at radius 2 is 1.77 bits per heavy atom. The predicted octanol–water partition coefficient (Wildman–Crippen LogP) is 7.06. The average molecular weight is 610 g/mol. The van der Waals surface area contributed by atoms with Crippen LogP contribution in [0.25, 0.3) is 21.9 Å². The average Bonchev–Trinajstić information content (AvgIpc) is 3.32. The van der Waals surface area contributed by atoms with E-state index >= 15 is 0 Å². The Morgan fingerprint density at radius 1 is 1.07 bits per heavy atom. The summed E-state index contributed by atoms with van der Waals surface area (Å²) < 4.78 is 7.38. The minimum atomic E-state index is -2.48. The monoisotopic (exact) mass is 609 g/mol. The van der Waals surface area contributed by atoms with Gasteiger partial charge in [0.25, 0.3) is 0 Å². The van der Waals surface area contributed by atoms with Crippen LogP contribution in [0.1, 0.15) is 97.2 Å². The summed E-state index contributed by atoms with van der Waals surface area (Å²) in [6.07, 6.45) is 3.27. The number of imidazole rings is 1. The lowest BCUT2D eigenvalue weighted by molar-refractivity contribution is -0.123. The number of aromatic nitrogens is 3. The van der Waals surface area contributed by atoms with E-state index in [2.05, 4.69) is 48.9 Å². The SMILES string of the molecule is CC.CCCCc1nc2c(N)nc3cc(C(C)(C)C(C)(C)NC(=O)CC)ccc3c2n1Cc1ccc(OP(O)O)c(C)c1. The number of nitrogens with zero attached hydrogens (tertiary/aromatic N) is 3. The van der Waals surface area contributed by atoms with E-state index in [1.165, 1.54) is 0 Å². The maximum Gasteiger partial charge on any atom is 0.391 e. The highest BCUT2D eigenvalue weighted by Crippen LogP contribution is 2.38. The molecule has 0 radical (unpaired) electrons. The van der Waals surface area contributed by atoms with Gasteiger partial charge >= 0.3 is 8.60 Å². The molecule has 5 N–H and O–H groups in total. The fourth-order valence-electron chi connectivity index (χ4n) is 5.18. The number of nitrogen functional groups attached to an aromatic ring is 1. The lowest BCUT2D eigenvalue weighted by atomic mass is 9.69. The number of pyridine rings is 1. The number of unbranched alkanes of at least 4 members (excludes halogenated alkanes) is 1. The second-order valence-electron chi connectivity index (χ2n) is 11.7. The van der Waals surface area contributed by atoms with E-state index in [1.54, 1.807) is 6.07 Å². The van der Waals surface area contributed by atoms with Crippen molar-refractivity contribution in [1.82, 2.24) is 19.9 Å². The highest BCUT2D eigenvalue weighted by atomic mass is 31.2. The highest BCUT2D eigenvalue weighted by Gasteiger charge is 2.39. The van der Waals surface area contributed by atoms with Crippen LogP contribution in [-0.4, -0.2) is 35.8 Å². The number of carbonyl (C=O) groups is 1. The predicted molar refractivity (Wildman–Crippen MR) is 177 cm³/mol. The molecule has 43 heavy (non-hydrogen) atoms. The molecule has 0 aliphatic rings. The number of hydrogen-bond donors (Lipinski definition) is 4. The minimum absolute atomic E-state index is 0.0137. The van der Waals surface area contributed by atoms with E-state index in [4.69, 9.17) is 20.2 Å². The van der Waals surface area contributed by atoms with Gasteiger partial charge in [-0.3, -0.25) is 4.79 Å². The van der Waals surface area contributed by atoms with Crippen LogP contribution in [0.4, 0.5) is 5.82 Å². The summed E-state index contributed by atoms with van der Waals surface area (Å²) >= 11 is 0. The third-order valence-electron chi connectivity index (χ3n) is 8.35. The molecule has 4 aromatic rings. The molecule has 0 saturated heterocycles. The first kappa shape index (κ1) is 34.2. The Labute approximate surface area is 256 Å². The van der Waals surface area contributed by atoms with Crippen molar-refractivity contribution < 1.29 is 19.1 Å². The highest BCUT2D eigenvalue weighted by molar-refractivity contribution is 7.39. The van der Waals surface area contributed by atoms with Gasteiger partial charge in [-0.2, -0.15) is 0 Å². The van der Waals surface area contributed by atoms with Crippen LogP contribution in [0.3, 0.4) is 0 Å². The van der Waals surface area contributed by atoms with Gasteiger partial charge in [-0.05, 0) is 56.0 Å². The molecule has 0 unspecified atom stereocenters. The molecule has 2 aromatic heterocycles. The molecule has 4 rings (SSSR count). The standard InChI is InChI=1S/C31H42N5O4P.C2H6/c1-8-10-11-25-34-27-28(36(25)18-20-12-15-24(19(3)16-20)40-41(38)39)22-14-13-21(17-23(22)33-29(27)32)30(4,5)31(6,7)35-26(37)9-2;1-2/h12-17,38-39H,8-11,18H2,1-7H3,(H2,32,33)(H,35,37);1-2H3. The number of nitrogens with two attached hydrogens (primary N) is 1. The van der Waals surface area contributed by atoms with Gasteiger partial charge in [-0.1, -0.05) is 72.2 Å². The van der Waals surface area contributed by atoms with Crippen molar-refractivity contribution >= 4 is 42.3 Å². The third-order valence-corrected chi connectivity index (χ3v) is 8.71. The topological polar surface area (TPSA) is 136 Å². The summed E-state index contributed by atoms with van der Waals surface area (Å²) in [4.78, 5) is 40.6. The smallest absolute Gasteiger partial charge is 0.391 e. The van der Waals surface area contributed by atoms with Crippen LogP contribution >= 0.6 is 8.60 Å². The third kappa shape index (κ3) is 7.28. The summed E-state index contributed by atoms with van der Waals surface area (Å²) in [5, 5.41) is 4.14.